The van der Waals surface area contributed by atoms with Gasteiger partial charge < -0.3 is 4.74 Å². The maximum absolute atomic E-state index is 12.2. The van der Waals surface area contributed by atoms with Crippen molar-refractivity contribution >= 4 is 33.6 Å². The minimum atomic E-state index is -4.18. The van der Waals surface area contributed by atoms with Gasteiger partial charge in [0, 0.05) is 0 Å². The van der Waals surface area contributed by atoms with Crippen LogP contribution < -0.4 is 14.8 Å². The molecule has 1 aromatic heterocycles. The monoisotopic (exact) mass is 382 g/mol. The lowest BCUT2D eigenvalue weighted by Gasteiger charge is -2.09. The van der Waals surface area contributed by atoms with Gasteiger partial charge in [-0.25, -0.2) is 17.9 Å². The van der Waals surface area contributed by atoms with E-state index in [1.807, 2.05) is 0 Å². The lowest BCUT2D eigenvalue weighted by Crippen LogP contribution is -2.35. The number of nitrogens with one attached hydrogen (secondary N) is 2. The highest BCUT2D eigenvalue weighted by Gasteiger charge is 2.21. The second-order valence-corrected chi connectivity index (χ2v) is 6.48. The van der Waals surface area contributed by atoms with Gasteiger partial charge in [0.2, 0.25) is 5.95 Å². The molecule has 0 bridgehead atoms. The molecule has 0 atom stereocenters. The Balaban J connectivity index is 2.14. The number of carbonyl (C=O) groups excluding carboxylic acids is 1. The summed E-state index contributed by atoms with van der Waals surface area (Å²) in [7, 11) is -4.18. The van der Waals surface area contributed by atoms with Gasteiger partial charge in [-0.2, -0.15) is 20.2 Å². The Morgan fingerprint density at radius 1 is 1.32 bits per heavy atom. The average molecular weight is 383 g/mol. The lowest BCUT2D eigenvalue weighted by molar-refractivity contribution is 0.256. The standard InChI is InChI=1S/C13H11ClN6O4S/c1-8-16-11(19-13(17-8)24-7-6-15)18-12(21)20-25(22,23)10-5-3-2-4-9(10)14/h2-5H,7H2,1H3,(H2,16,17,18,19,20,21). The lowest BCUT2D eigenvalue weighted by atomic mass is 10.4. The third-order valence-electron chi connectivity index (χ3n) is 2.57. The zero-order chi connectivity index (χ0) is 18.4. The summed E-state index contributed by atoms with van der Waals surface area (Å²) in [6.07, 6.45) is 0. The van der Waals surface area contributed by atoms with Crippen LogP contribution in [0.15, 0.2) is 29.2 Å². The van der Waals surface area contributed by atoms with E-state index >= 15 is 0 Å². The maximum atomic E-state index is 12.2. The summed E-state index contributed by atoms with van der Waals surface area (Å²) in [5, 5.41) is 10.6. The topological polar surface area (TPSA) is 147 Å². The number of anilines is 1. The summed E-state index contributed by atoms with van der Waals surface area (Å²) >= 11 is 5.82. The predicted octanol–water partition coefficient (Wildman–Crippen LogP) is 1.25. The molecule has 2 N–H and O–H groups in total. The molecule has 1 aromatic carbocycles. The Bertz CT molecular complexity index is 944. The minimum absolute atomic E-state index is 0.0361. The number of benzene rings is 1. The molecule has 0 saturated carbocycles. The van der Waals surface area contributed by atoms with Crippen molar-refractivity contribution < 1.29 is 17.9 Å². The number of urea groups is 1. The van der Waals surface area contributed by atoms with Gasteiger partial charge in [0.05, 0.1) is 5.02 Å². The number of nitrogens with zero attached hydrogens (tertiary/aromatic N) is 4. The van der Waals surface area contributed by atoms with Gasteiger partial charge in [0.1, 0.15) is 16.8 Å². The second-order valence-electron chi connectivity index (χ2n) is 4.43. The molecule has 0 radical (unpaired) electrons. The smallest absolute Gasteiger partial charge is 0.335 e. The summed E-state index contributed by atoms with van der Waals surface area (Å²) in [5.41, 5.74) is 0. The van der Waals surface area contributed by atoms with Crippen LogP contribution in [0.4, 0.5) is 10.7 Å². The van der Waals surface area contributed by atoms with Crippen LogP contribution in [0.3, 0.4) is 0 Å². The van der Waals surface area contributed by atoms with Crippen molar-refractivity contribution in [1.29, 1.82) is 5.26 Å². The van der Waals surface area contributed by atoms with Crippen LogP contribution in [0.5, 0.6) is 6.01 Å². The average Bonchev–Trinajstić information content (AvgIpc) is 2.52. The van der Waals surface area contributed by atoms with Gasteiger partial charge in [-0.1, -0.05) is 23.7 Å². The van der Waals surface area contributed by atoms with Gasteiger partial charge >= 0.3 is 12.0 Å². The van der Waals surface area contributed by atoms with E-state index in [9.17, 15) is 13.2 Å². The molecule has 0 saturated heterocycles. The zero-order valence-corrected chi connectivity index (χ0v) is 14.3. The number of ether oxygens (including phenoxy) is 1. The number of rotatable bonds is 5. The molecule has 2 amide bonds. The number of nitriles is 1. The number of aromatic nitrogens is 3. The molecule has 0 aliphatic carbocycles. The van der Waals surface area contributed by atoms with Crippen molar-refractivity contribution in [2.24, 2.45) is 0 Å². The van der Waals surface area contributed by atoms with E-state index in [2.05, 4.69) is 20.3 Å². The Hall–Kier alpha value is -2.97. The quantitative estimate of drug-likeness (QED) is 0.784. The highest BCUT2D eigenvalue weighted by molar-refractivity contribution is 7.90. The minimum Gasteiger partial charge on any atom is -0.448 e. The van der Waals surface area contributed by atoms with Gasteiger partial charge in [0.15, 0.2) is 6.61 Å². The number of halogens is 1. The molecule has 2 rings (SSSR count). The molecule has 2 aromatic rings. The molecule has 1 heterocycles. The fourth-order valence-corrected chi connectivity index (χ4v) is 3.07. The fraction of sp³-hybridized carbons (Fsp3) is 0.154. The van der Waals surface area contributed by atoms with Crippen molar-refractivity contribution in [3.63, 3.8) is 0 Å². The van der Waals surface area contributed by atoms with Crippen LogP contribution in [0.25, 0.3) is 0 Å². The first kappa shape index (κ1) is 18.4. The Labute approximate surface area is 147 Å². The van der Waals surface area contributed by atoms with Gasteiger partial charge in [0.25, 0.3) is 10.0 Å². The number of hydrogen-bond acceptors (Lipinski definition) is 8. The second kappa shape index (κ2) is 7.73. The highest BCUT2D eigenvalue weighted by atomic mass is 35.5. The van der Waals surface area contributed by atoms with Gasteiger partial charge in [-0.3, -0.25) is 5.32 Å². The van der Waals surface area contributed by atoms with E-state index in [0.29, 0.717) is 0 Å². The van der Waals surface area contributed by atoms with Gasteiger partial charge in [-0.05, 0) is 19.1 Å². The molecule has 0 unspecified atom stereocenters. The maximum Gasteiger partial charge on any atom is 0.335 e. The molecular weight excluding hydrogens is 372 g/mol. The van der Waals surface area contributed by atoms with Crippen LogP contribution >= 0.6 is 11.6 Å². The van der Waals surface area contributed by atoms with Crippen molar-refractivity contribution in [3.8, 4) is 12.1 Å². The Kier molecular flexibility index (Phi) is 5.68. The summed E-state index contributed by atoms with van der Waals surface area (Å²) < 4.78 is 31.0. The van der Waals surface area contributed by atoms with Crippen LogP contribution in [0, 0.1) is 18.3 Å². The van der Waals surface area contributed by atoms with Gasteiger partial charge in [-0.15, -0.1) is 0 Å². The van der Waals surface area contributed by atoms with E-state index in [-0.39, 0.29) is 34.3 Å². The molecule has 0 aliphatic heterocycles. The summed E-state index contributed by atoms with van der Waals surface area (Å²) in [6, 6.07) is 6.10. The van der Waals surface area contributed by atoms with Crippen LogP contribution in [-0.2, 0) is 10.0 Å². The first-order valence-electron chi connectivity index (χ1n) is 6.62. The fourth-order valence-electron chi connectivity index (χ4n) is 1.64. The van der Waals surface area contributed by atoms with Crippen LogP contribution in [0.2, 0.25) is 5.02 Å². The number of sulfonamides is 1. The SMILES string of the molecule is Cc1nc(NC(=O)NS(=O)(=O)c2ccccc2Cl)nc(OCC#N)n1. The normalized spacial score (nSPS) is 10.6. The predicted molar refractivity (Wildman–Crippen MR) is 86.5 cm³/mol. The highest BCUT2D eigenvalue weighted by Crippen LogP contribution is 2.20. The largest absolute Gasteiger partial charge is 0.448 e. The Morgan fingerprint density at radius 3 is 2.72 bits per heavy atom. The first-order valence-corrected chi connectivity index (χ1v) is 8.48. The number of amides is 2. The summed E-state index contributed by atoms with van der Waals surface area (Å²) in [6.45, 7) is 1.21. The number of hydrogen-bond donors (Lipinski definition) is 2. The summed E-state index contributed by atoms with van der Waals surface area (Å²) in [4.78, 5) is 23.0. The van der Waals surface area contributed by atoms with Crippen LogP contribution in [0.1, 0.15) is 5.82 Å². The van der Waals surface area contributed by atoms with E-state index in [1.165, 1.54) is 25.1 Å². The Morgan fingerprint density at radius 2 is 2.04 bits per heavy atom. The van der Waals surface area contributed by atoms with E-state index in [1.54, 1.807) is 16.9 Å². The van der Waals surface area contributed by atoms with Crippen molar-refractivity contribution in [3.05, 3.63) is 35.1 Å². The molecule has 0 spiro atoms. The molecular formula is C13H11ClN6O4S. The number of carbonyl (C=O) groups is 1. The first-order chi connectivity index (χ1) is 11.8. The molecule has 0 fully saturated rings. The molecule has 10 nitrogen and oxygen atoms in total. The molecule has 0 aliphatic rings. The van der Waals surface area contributed by atoms with Crippen molar-refractivity contribution in [2.45, 2.75) is 11.8 Å². The zero-order valence-electron chi connectivity index (χ0n) is 12.7. The van der Waals surface area contributed by atoms with Crippen molar-refractivity contribution in [2.75, 3.05) is 11.9 Å². The van der Waals surface area contributed by atoms with Crippen LogP contribution in [-0.4, -0.2) is 36.0 Å². The van der Waals surface area contributed by atoms with Crippen molar-refractivity contribution in [1.82, 2.24) is 19.7 Å². The van der Waals surface area contributed by atoms with E-state index < -0.39 is 16.1 Å². The summed E-state index contributed by atoms with van der Waals surface area (Å²) in [5.74, 6) is -0.0421. The molecule has 25 heavy (non-hydrogen) atoms. The third kappa shape index (κ3) is 5.00. The molecule has 130 valence electrons. The third-order valence-corrected chi connectivity index (χ3v) is 4.40. The van der Waals surface area contributed by atoms with E-state index in [4.69, 9.17) is 21.6 Å². The van der Waals surface area contributed by atoms with E-state index in [0.717, 1.165) is 0 Å². The number of aryl methyl sites for hydroxylation is 1. The molecule has 12 heteroatoms.